The molecule has 3 atom stereocenters. The van der Waals surface area contributed by atoms with Gasteiger partial charge in [0.2, 0.25) is 0 Å². The van der Waals surface area contributed by atoms with Gasteiger partial charge in [0.25, 0.3) is 0 Å². The van der Waals surface area contributed by atoms with Gasteiger partial charge in [-0.1, -0.05) is 48.6 Å². The number of likely N-dealkylation sites (tertiary alicyclic amines) is 1. The van der Waals surface area contributed by atoms with Crippen molar-refractivity contribution in [2.45, 2.75) is 44.4 Å². The second-order valence-corrected chi connectivity index (χ2v) is 7.43. The van der Waals surface area contributed by atoms with Crippen molar-refractivity contribution in [3.63, 3.8) is 0 Å². The van der Waals surface area contributed by atoms with E-state index < -0.39 is 17.7 Å². The topological polar surface area (TPSA) is 40.5 Å². The number of carboxylic acids is 1. The molecule has 0 spiro atoms. The van der Waals surface area contributed by atoms with Crippen LogP contribution in [0.5, 0.6) is 0 Å². The summed E-state index contributed by atoms with van der Waals surface area (Å²) >= 11 is 0. The largest absolute Gasteiger partial charge is 0.481 e. The number of carbonyl (C=O) groups is 1. The predicted molar refractivity (Wildman–Crippen MR) is 97.0 cm³/mol. The first-order valence-corrected chi connectivity index (χ1v) is 9.28. The number of alkyl halides is 3. The number of halogens is 3. The molecule has 1 aromatic carbocycles. The first-order chi connectivity index (χ1) is 12.8. The minimum atomic E-state index is -4.32. The summed E-state index contributed by atoms with van der Waals surface area (Å²) in [5, 5.41) is 9.13. The molecule has 146 valence electrons. The van der Waals surface area contributed by atoms with Crippen molar-refractivity contribution in [2.24, 2.45) is 11.8 Å². The first kappa shape index (κ1) is 19.7. The SMILES string of the molecule is O=C(O)C[C@H]1CCN(Cc2ccccc2)C([C@@H]2C=CC(C(F)(F)F)=CC2)C1. The van der Waals surface area contributed by atoms with Crippen molar-refractivity contribution in [3.05, 3.63) is 59.7 Å². The molecule has 1 aliphatic heterocycles. The van der Waals surface area contributed by atoms with Crippen molar-refractivity contribution in [1.29, 1.82) is 0 Å². The Kier molecular flexibility index (Phi) is 6.05. The van der Waals surface area contributed by atoms with Gasteiger partial charge in [-0.2, -0.15) is 13.2 Å². The van der Waals surface area contributed by atoms with Crippen LogP contribution in [0.15, 0.2) is 54.1 Å². The van der Waals surface area contributed by atoms with Crippen LogP contribution < -0.4 is 0 Å². The summed E-state index contributed by atoms with van der Waals surface area (Å²) in [7, 11) is 0. The lowest BCUT2D eigenvalue weighted by molar-refractivity contribution is -0.138. The molecule has 3 nitrogen and oxygen atoms in total. The lowest BCUT2D eigenvalue weighted by Gasteiger charge is -2.43. The van der Waals surface area contributed by atoms with Crippen LogP contribution >= 0.6 is 0 Å². The zero-order valence-electron chi connectivity index (χ0n) is 15.0. The fourth-order valence-corrected chi connectivity index (χ4v) is 4.15. The van der Waals surface area contributed by atoms with Crippen LogP contribution in [0.2, 0.25) is 0 Å². The van der Waals surface area contributed by atoms with Crippen LogP contribution in [0.25, 0.3) is 0 Å². The van der Waals surface area contributed by atoms with Crippen molar-refractivity contribution >= 4 is 5.97 Å². The van der Waals surface area contributed by atoms with Crippen LogP contribution in [0.4, 0.5) is 13.2 Å². The molecule has 2 aliphatic rings. The fraction of sp³-hybridized carbons (Fsp3) is 0.476. The van der Waals surface area contributed by atoms with Gasteiger partial charge >= 0.3 is 12.1 Å². The van der Waals surface area contributed by atoms with Gasteiger partial charge in [-0.15, -0.1) is 0 Å². The minimum Gasteiger partial charge on any atom is -0.481 e. The Balaban J connectivity index is 1.74. The third kappa shape index (κ3) is 5.22. The highest BCUT2D eigenvalue weighted by Gasteiger charge is 2.37. The van der Waals surface area contributed by atoms with E-state index in [2.05, 4.69) is 4.90 Å². The third-order valence-corrected chi connectivity index (χ3v) is 5.51. The highest BCUT2D eigenvalue weighted by molar-refractivity contribution is 5.67. The van der Waals surface area contributed by atoms with E-state index in [0.29, 0.717) is 12.8 Å². The molecule has 6 heteroatoms. The molecule has 1 aromatic rings. The van der Waals surface area contributed by atoms with Gasteiger partial charge in [-0.3, -0.25) is 9.69 Å². The maximum absolute atomic E-state index is 12.9. The van der Waals surface area contributed by atoms with Gasteiger partial charge in [-0.05, 0) is 43.2 Å². The molecule has 1 unspecified atom stereocenters. The minimum absolute atomic E-state index is 0.0311. The van der Waals surface area contributed by atoms with Crippen LogP contribution in [0.3, 0.4) is 0 Å². The number of allylic oxidation sites excluding steroid dienone is 3. The summed E-state index contributed by atoms with van der Waals surface area (Å²) in [6.07, 6.45) is 1.75. The maximum Gasteiger partial charge on any atom is 0.416 e. The quantitative estimate of drug-likeness (QED) is 0.798. The second-order valence-electron chi connectivity index (χ2n) is 7.43. The Morgan fingerprint density at radius 2 is 1.96 bits per heavy atom. The van der Waals surface area contributed by atoms with Gasteiger partial charge in [0.05, 0.1) is 5.57 Å². The fourth-order valence-electron chi connectivity index (χ4n) is 4.15. The van der Waals surface area contributed by atoms with E-state index >= 15 is 0 Å². The number of benzene rings is 1. The van der Waals surface area contributed by atoms with Crippen LogP contribution in [0.1, 0.15) is 31.2 Å². The zero-order chi connectivity index (χ0) is 19.4. The molecule has 0 aromatic heterocycles. The molecule has 1 N–H and O–H groups in total. The van der Waals surface area contributed by atoms with Gasteiger partial charge in [-0.25, -0.2) is 0 Å². The van der Waals surface area contributed by atoms with E-state index in [9.17, 15) is 18.0 Å². The number of hydrogen-bond donors (Lipinski definition) is 1. The lowest BCUT2D eigenvalue weighted by Crippen LogP contribution is -2.46. The Bertz CT molecular complexity index is 712. The van der Waals surface area contributed by atoms with Crippen molar-refractivity contribution in [2.75, 3.05) is 6.54 Å². The highest BCUT2D eigenvalue weighted by atomic mass is 19.4. The summed E-state index contributed by atoms with van der Waals surface area (Å²) in [4.78, 5) is 13.4. The van der Waals surface area contributed by atoms with Gasteiger partial charge in [0, 0.05) is 19.0 Å². The molecule has 0 radical (unpaired) electrons. The molecule has 3 rings (SSSR count). The molecule has 27 heavy (non-hydrogen) atoms. The summed E-state index contributed by atoms with van der Waals surface area (Å²) in [6.45, 7) is 1.49. The average molecular weight is 379 g/mol. The molecule has 0 amide bonds. The van der Waals surface area contributed by atoms with E-state index in [1.165, 1.54) is 12.2 Å². The number of rotatable bonds is 5. The molecule has 1 fully saturated rings. The Morgan fingerprint density at radius 1 is 1.22 bits per heavy atom. The monoisotopic (exact) mass is 379 g/mol. The lowest BCUT2D eigenvalue weighted by atomic mass is 9.79. The van der Waals surface area contributed by atoms with Crippen molar-refractivity contribution < 1.29 is 23.1 Å². The van der Waals surface area contributed by atoms with Crippen LogP contribution in [-0.2, 0) is 11.3 Å². The van der Waals surface area contributed by atoms with Gasteiger partial charge < -0.3 is 5.11 Å². The standard InChI is InChI=1S/C21H24F3NO2/c22-21(23,24)18-8-6-17(7-9-18)19-12-16(13-20(26)27)10-11-25(19)14-15-4-2-1-3-5-15/h1-6,8-9,16-17,19H,7,10-14H2,(H,26,27)/t16-,17+,19?/m0/s1. The van der Waals surface area contributed by atoms with E-state index in [0.717, 1.165) is 25.1 Å². The van der Waals surface area contributed by atoms with Crippen LogP contribution in [-0.4, -0.2) is 34.7 Å². The smallest absolute Gasteiger partial charge is 0.416 e. The van der Waals surface area contributed by atoms with Crippen molar-refractivity contribution in [3.8, 4) is 0 Å². The van der Waals surface area contributed by atoms with Crippen molar-refractivity contribution in [1.82, 2.24) is 4.90 Å². The molecule has 1 aliphatic carbocycles. The highest BCUT2D eigenvalue weighted by Crippen LogP contribution is 2.37. The van der Waals surface area contributed by atoms with E-state index in [1.54, 1.807) is 6.08 Å². The maximum atomic E-state index is 12.9. The number of hydrogen-bond acceptors (Lipinski definition) is 2. The average Bonchev–Trinajstić information content (AvgIpc) is 2.63. The molecule has 0 saturated carbocycles. The molecule has 0 bridgehead atoms. The number of aliphatic carboxylic acids is 1. The zero-order valence-corrected chi connectivity index (χ0v) is 15.0. The van der Waals surface area contributed by atoms with E-state index in [1.807, 2.05) is 30.3 Å². The Morgan fingerprint density at radius 3 is 2.56 bits per heavy atom. The van der Waals surface area contributed by atoms with Gasteiger partial charge in [0.1, 0.15) is 0 Å². The second kappa shape index (κ2) is 8.30. The molecule has 1 heterocycles. The van der Waals surface area contributed by atoms with E-state index in [-0.39, 0.29) is 24.3 Å². The molecular formula is C21H24F3NO2. The van der Waals surface area contributed by atoms with Gasteiger partial charge in [0.15, 0.2) is 0 Å². The van der Waals surface area contributed by atoms with E-state index in [4.69, 9.17) is 5.11 Å². The Labute approximate surface area is 157 Å². The third-order valence-electron chi connectivity index (χ3n) is 5.51. The predicted octanol–water partition coefficient (Wildman–Crippen LogP) is 4.81. The van der Waals surface area contributed by atoms with Crippen LogP contribution in [0, 0.1) is 11.8 Å². The summed E-state index contributed by atoms with van der Waals surface area (Å²) in [5.41, 5.74) is 0.566. The summed E-state index contributed by atoms with van der Waals surface area (Å²) in [6, 6.07) is 10.0. The molecule has 1 saturated heterocycles. The summed E-state index contributed by atoms with van der Waals surface area (Å²) in [5.74, 6) is -0.772. The number of carboxylic acid groups (broad SMARTS) is 1. The number of piperidine rings is 1. The number of nitrogens with zero attached hydrogens (tertiary/aromatic N) is 1. The molecular weight excluding hydrogens is 355 g/mol. The summed E-state index contributed by atoms with van der Waals surface area (Å²) < 4.78 is 38.7. The normalized spacial score (nSPS) is 26.6. The first-order valence-electron chi connectivity index (χ1n) is 9.28. The Hall–Kier alpha value is -2.08.